The van der Waals surface area contributed by atoms with Crippen molar-refractivity contribution in [2.45, 2.75) is 12.8 Å². The van der Waals surface area contributed by atoms with Crippen LogP contribution in [0, 0.1) is 5.92 Å². The minimum atomic E-state index is -0.320. The van der Waals surface area contributed by atoms with Crippen LogP contribution in [0.2, 0.25) is 0 Å². The van der Waals surface area contributed by atoms with Gasteiger partial charge in [0.25, 0.3) is 0 Å². The molecule has 4 nitrogen and oxygen atoms in total. The zero-order chi connectivity index (χ0) is 11.7. The molecule has 3 rings (SSSR count). The van der Waals surface area contributed by atoms with Gasteiger partial charge in [-0.2, -0.15) is 0 Å². The van der Waals surface area contributed by atoms with Crippen LogP contribution in [0.1, 0.15) is 23.2 Å². The van der Waals surface area contributed by atoms with E-state index >= 15 is 0 Å². The summed E-state index contributed by atoms with van der Waals surface area (Å²) in [5, 5.41) is 0. The maximum Gasteiger partial charge on any atom is 0.342 e. The van der Waals surface area contributed by atoms with Crippen molar-refractivity contribution < 1.29 is 19.0 Å². The van der Waals surface area contributed by atoms with Gasteiger partial charge < -0.3 is 14.2 Å². The minimum absolute atomic E-state index is 0.320. The van der Waals surface area contributed by atoms with Gasteiger partial charge in [0.1, 0.15) is 18.8 Å². The normalized spacial score (nSPS) is 17.6. The fourth-order valence-corrected chi connectivity index (χ4v) is 1.79. The van der Waals surface area contributed by atoms with E-state index < -0.39 is 0 Å². The zero-order valence-corrected chi connectivity index (χ0v) is 9.48. The predicted octanol–water partition coefficient (Wildman–Crippen LogP) is 2.02. The van der Waals surface area contributed by atoms with E-state index in [1.54, 1.807) is 18.2 Å². The number of esters is 1. The third-order valence-electron chi connectivity index (χ3n) is 2.93. The average Bonchev–Trinajstić information content (AvgIpc) is 3.19. The van der Waals surface area contributed by atoms with Crippen LogP contribution >= 0.6 is 0 Å². The molecule has 2 aliphatic rings. The van der Waals surface area contributed by atoms with Gasteiger partial charge in [-0.3, -0.25) is 0 Å². The standard InChI is InChI=1S/C13H14O4/c14-13(17-8-9-4-5-9)10-2-1-3-11-12(10)16-7-6-15-11/h1-3,9H,4-8H2. The van der Waals surface area contributed by atoms with Crippen LogP contribution < -0.4 is 9.47 Å². The lowest BCUT2D eigenvalue weighted by molar-refractivity contribution is 0.0476. The summed E-state index contributed by atoms with van der Waals surface area (Å²) in [6.45, 7) is 1.51. The predicted molar refractivity (Wildman–Crippen MR) is 60.4 cm³/mol. The molecule has 0 unspecified atom stereocenters. The van der Waals surface area contributed by atoms with Crippen molar-refractivity contribution in [2.24, 2.45) is 5.92 Å². The summed E-state index contributed by atoms with van der Waals surface area (Å²) in [6, 6.07) is 5.29. The molecular weight excluding hydrogens is 220 g/mol. The summed E-state index contributed by atoms with van der Waals surface area (Å²) in [7, 11) is 0. The number of fused-ring (bicyclic) bond motifs is 1. The largest absolute Gasteiger partial charge is 0.486 e. The Morgan fingerprint density at radius 2 is 2.12 bits per heavy atom. The molecule has 1 aliphatic carbocycles. The molecule has 0 radical (unpaired) electrons. The highest BCUT2D eigenvalue weighted by Gasteiger charge is 2.25. The Morgan fingerprint density at radius 3 is 2.94 bits per heavy atom. The maximum atomic E-state index is 11.9. The number of ether oxygens (including phenoxy) is 3. The molecule has 1 saturated carbocycles. The first-order chi connectivity index (χ1) is 8.34. The van der Waals surface area contributed by atoms with Gasteiger partial charge in [0.2, 0.25) is 0 Å². The van der Waals surface area contributed by atoms with E-state index in [9.17, 15) is 4.79 Å². The summed E-state index contributed by atoms with van der Waals surface area (Å²) < 4.78 is 16.1. The number of para-hydroxylation sites is 1. The Kier molecular flexibility index (Phi) is 2.63. The van der Waals surface area contributed by atoms with Crippen LogP contribution in [0.15, 0.2) is 18.2 Å². The Morgan fingerprint density at radius 1 is 1.29 bits per heavy atom. The highest BCUT2D eigenvalue weighted by atomic mass is 16.6. The Hall–Kier alpha value is -1.71. The number of carbonyl (C=O) groups excluding carboxylic acids is 1. The molecule has 0 aromatic heterocycles. The topological polar surface area (TPSA) is 44.8 Å². The van der Waals surface area contributed by atoms with Crippen molar-refractivity contribution >= 4 is 5.97 Å². The van der Waals surface area contributed by atoms with E-state index in [-0.39, 0.29) is 5.97 Å². The molecule has 90 valence electrons. The van der Waals surface area contributed by atoms with Gasteiger partial charge in [-0.1, -0.05) is 6.07 Å². The molecule has 0 spiro atoms. The van der Waals surface area contributed by atoms with Gasteiger partial charge in [-0.05, 0) is 30.9 Å². The molecule has 1 fully saturated rings. The highest BCUT2D eigenvalue weighted by Crippen LogP contribution is 2.34. The van der Waals surface area contributed by atoms with Crippen LogP contribution in [0.3, 0.4) is 0 Å². The third-order valence-corrected chi connectivity index (χ3v) is 2.93. The molecule has 0 atom stereocenters. The summed E-state index contributed by atoms with van der Waals surface area (Å²) in [5.41, 5.74) is 0.461. The SMILES string of the molecule is O=C(OCC1CC1)c1cccc2c1OCCO2. The number of carbonyl (C=O) groups is 1. The van der Waals surface area contributed by atoms with Crippen LogP contribution in [0.5, 0.6) is 11.5 Å². The lowest BCUT2D eigenvalue weighted by atomic mass is 10.2. The van der Waals surface area contributed by atoms with Crippen molar-refractivity contribution in [3.8, 4) is 11.5 Å². The van der Waals surface area contributed by atoms with Crippen LogP contribution in [-0.4, -0.2) is 25.8 Å². The van der Waals surface area contributed by atoms with Gasteiger partial charge in [0.05, 0.1) is 6.61 Å². The summed E-state index contributed by atoms with van der Waals surface area (Å²) in [5.74, 6) is 1.38. The first kappa shape index (κ1) is 10.4. The number of rotatable bonds is 3. The molecule has 17 heavy (non-hydrogen) atoms. The van der Waals surface area contributed by atoms with Gasteiger partial charge >= 0.3 is 5.97 Å². The summed E-state index contributed by atoms with van der Waals surface area (Å²) in [4.78, 5) is 11.9. The molecule has 0 N–H and O–H groups in total. The molecule has 4 heteroatoms. The van der Waals surface area contributed by atoms with Gasteiger partial charge in [-0.25, -0.2) is 4.79 Å². The van der Waals surface area contributed by atoms with E-state index in [0.717, 1.165) is 0 Å². The van der Waals surface area contributed by atoms with Crippen molar-refractivity contribution in [3.63, 3.8) is 0 Å². The quantitative estimate of drug-likeness (QED) is 0.750. The molecular formula is C13H14O4. The van der Waals surface area contributed by atoms with Crippen LogP contribution in [0.4, 0.5) is 0 Å². The second kappa shape index (κ2) is 4.28. The first-order valence-electron chi connectivity index (χ1n) is 5.90. The minimum Gasteiger partial charge on any atom is -0.486 e. The molecule has 1 aromatic carbocycles. The summed E-state index contributed by atoms with van der Waals surface area (Å²) >= 11 is 0. The zero-order valence-electron chi connectivity index (χ0n) is 9.48. The maximum absolute atomic E-state index is 11.9. The summed E-state index contributed by atoms with van der Waals surface area (Å²) in [6.07, 6.45) is 2.33. The van der Waals surface area contributed by atoms with E-state index in [2.05, 4.69) is 0 Å². The van der Waals surface area contributed by atoms with Gasteiger partial charge in [0, 0.05) is 0 Å². The van der Waals surface area contributed by atoms with E-state index in [4.69, 9.17) is 14.2 Å². The monoisotopic (exact) mass is 234 g/mol. The second-order valence-electron chi connectivity index (χ2n) is 4.37. The van der Waals surface area contributed by atoms with Crippen LogP contribution in [-0.2, 0) is 4.74 Å². The average molecular weight is 234 g/mol. The molecule has 1 aromatic rings. The van der Waals surface area contributed by atoms with Crippen molar-refractivity contribution in [1.82, 2.24) is 0 Å². The van der Waals surface area contributed by atoms with E-state index in [1.165, 1.54) is 12.8 Å². The molecule has 1 heterocycles. The Labute approximate surface area is 99.5 Å². The van der Waals surface area contributed by atoms with Crippen molar-refractivity contribution in [2.75, 3.05) is 19.8 Å². The fourth-order valence-electron chi connectivity index (χ4n) is 1.79. The molecule has 1 aliphatic heterocycles. The fraction of sp³-hybridized carbons (Fsp3) is 0.462. The number of benzene rings is 1. The highest BCUT2D eigenvalue weighted by molar-refractivity contribution is 5.93. The number of hydrogen-bond donors (Lipinski definition) is 0. The molecule has 0 saturated heterocycles. The molecule has 0 bridgehead atoms. The van der Waals surface area contributed by atoms with Gasteiger partial charge in [-0.15, -0.1) is 0 Å². The molecule has 0 amide bonds. The van der Waals surface area contributed by atoms with Gasteiger partial charge in [0.15, 0.2) is 11.5 Å². The Balaban J connectivity index is 1.78. The van der Waals surface area contributed by atoms with Crippen LogP contribution in [0.25, 0.3) is 0 Å². The van der Waals surface area contributed by atoms with Crippen molar-refractivity contribution in [1.29, 1.82) is 0 Å². The lowest BCUT2D eigenvalue weighted by Crippen LogP contribution is -2.18. The smallest absolute Gasteiger partial charge is 0.342 e. The second-order valence-corrected chi connectivity index (χ2v) is 4.37. The van der Waals surface area contributed by atoms with E-state index in [0.29, 0.717) is 42.8 Å². The van der Waals surface area contributed by atoms with E-state index in [1.807, 2.05) is 0 Å². The Bertz CT molecular complexity index is 437. The number of hydrogen-bond acceptors (Lipinski definition) is 4. The first-order valence-corrected chi connectivity index (χ1v) is 5.90. The third kappa shape index (κ3) is 2.20. The lowest BCUT2D eigenvalue weighted by Gasteiger charge is -2.20. The van der Waals surface area contributed by atoms with Crippen molar-refractivity contribution in [3.05, 3.63) is 23.8 Å².